The van der Waals surface area contributed by atoms with Gasteiger partial charge in [0.05, 0.1) is 12.6 Å². The average Bonchev–Trinajstić information content (AvgIpc) is 2.73. The predicted molar refractivity (Wildman–Crippen MR) is 58.4 cm³/mol. The van der Waals surface area contributed by atoms with E-state index >= 15 is 0 Å². The van der Waals surface area contributed by atoms with Crippen LogP contribution >= 0.6 is 0 Å². The largest absolute Gasteiger partial charge is 0.368 e. The second-order valence-corrected chi connectivity index (χ2v) is 3.88. The number of carbonyl (C=O) groups is 2. The zero-order chi connectivity index (χ0) is 12.1. The van der Waals surface area contributed by atoms with Gasteiger partial charge in [-0.25, -0.2) is 0 Å². The van der Waals surface area contributed by atoms with Gasteiger partial charge in [0.15, 0.2) is 0 Å². The van der Waals surface area contributed by atoms with Gasteiger partial charge in [0.1, 0.15) is 6.10 Å². The van der Waals surface area contributed by atoms with Crippen molar-refractivity contribution in [3.63, 3.8) is 0 Å². The van der Waals surface area contributed by atoms with E-state index in [4.69, 9.17) is 16.2 Å². The molecular formula is C10H19N3O3. The van der Waals surface area contributed by atoms with Crippen LogP contribution in [0.5, 0.6) is 0 Å². The third kappa shape index (κ3) is 3.18. The van der Waals surface area contributed by atoms with Crippen LogP contribution in [-0.2, 0) is 14.3 Å². The molecule has 1 aliphatic rings. The fourth-order valence-corrected chi connectivity index (χ4v) is 1.80. The van der Waals surface area contributed by atoms with E-state index in [-0.39, 0.29) is 18.6 Å². The summed E-state index contributed by atoms with van der Waals surface area (Å²) in [6.07, 6.45) is 0.950. The summed E-state index contributed by atoms with van der Waals surface area (Å²) in [5.41, 5.74) is 10.5. The molecule has 0 aromatic carbocycles. The van der Waals surface area contributed by atoms with E-state index in [9.17, 15) is 9.59 Å². The Balaban J connectivity index is 2.52. The molecule has 1 rings (SSSR count). The Bertz CT molecular complexity index is 270. The van der Waals surface area contributed by atoms with Crippen molar-refractivity contribution in [1.29, 1.82) is 0 Å². The molecule has 0 aromatic heterocycles. The molecule has 2 unspecified atom stereocenters. The molecule has 6 heteroatoms. The Kier molecular flexibility index (Phi) is 4.70. The number of amides is 2. The van der Waals surface area contributed by atoms with Crippen LogP contribution in [0.4, 0.5) is 0 Å². The van der Waals surface area contributed by atoms with E-state index in [0.29, 0.717) is 19.5 Å². The van der Waals surface area contributed by atoms with Gasteiger partial charge in [0.2, 0.25) is 5.91 Å². The molecular weight excluding hydrogens is 210 g/mol. The van der Waals surface area contributed by atoms with Gasteiger partial charge in [-0.1, -0.05) is 0 Å². The quantitative estimate of drug-likeness (QED) is 0.620. The number of nitrogens with two attached hydrogens (primary N) is 2. The lowest BCUT2D eigenvalue weighted by Crippen LogP contribution is -2.43. The SMILES string of the molecule is CCN(CC(N)=O)C(=O)C1CCC(CN)O1. The second kappa shape index (κ2) is 5.81. The van der Waals surface area contributed by atoms with Crippen molar-refractivity contribution in [3.05, 3.63) is 0 Å². The lowest BCUT2D eigenvalue weighted by atomic mass is 10.2. The number of ether oxygens (including phenoxy) is 1. The smallest absolute Gasteiger partial charge is 0.252 e. The van der Waals surface area contributed by atoms with Crippen LogP contribution < -0.4 is 11.5 Å². The second-order valence-electron chi connectivity index (χ2n) is 3.88. The molecule has 1 aliphatic heterocycles. The summed E-state index contributed by atoms with van der Waals surface area (Å²) in [5.74, 6) is -0.680. The van der Waals surface area contributed by atoms with E-state index in [0.717, 1.165) is 6.42 Å². The van der Waals surface area contributed by atoms with Crippen molar-refractivity contribution < 1.29 is 14.3 Å². The molecule has 0 spiro atoms. The number of rotatable bonds is 5. The van der Waals surface area contributed by atoms with Gasteiger partial charge in [-0.15, -0.1) is 0 Å². The molecule has 0 aliphatic carbocycles. The maximum atomic E-state index is 11.9. The number of primary amides is 1. The maximum absolute atomic E-state index is 11.9. The van der Waals surface area contributed by atoms with Gasteiger partial charge in [0, 0.05) is 13.1 Å². The number of likely N-dealkylation sites (N-methyl/N-ethyl adjacent to an activating group) is 1. The van der Waals surface area contributed by atoms with Crippen LogP contribution in [0.2, 0.25) is 0 Å². The van der Waals surface area contributed by atoms with Crippen LogP contribution in [0.25, 0.3) is 0 Å². The van der Waals surface area contributed by atoms with Crippen molar-refractivity contribution in [2.45, 2.75) is 32.0 Å². The first kappa shape index (κ1) is 12.9. The van der Waals surface area contributed by atoms with E-state index in [1.165, 1.54) is 4.90 Å². The Labute approximate surface area is 94.9 Å². The van der Waals surface area contributed by atoms with Crippen LogP contribution in [-0.4, -0.2) is 48.6 Å². The van der Waals surface area contributed by atoms with Gasteiger partial charge in [-0.05, 0) is 19.8 Å². The molecule has 6 nitrogen and oxygen atoms in total. The van der Waals surface area contributed by atoms with Crippen molar-refractivity contribution in [1.82, 2.24) is 4.90 Å². The maximum Gasteiger partial charge on any atom is 0.252 e. The van der Waals surface area contributed by atoms with Crippen molar-refractivity contribution >= 4 is 11.8 Å². The lowest BCUT2D eigenvalue weighted by Gasteiger charge is -2.22. The minimum Gasteiger partial charge on any atom is -0.368 e. The van der Waals surface area contributed by atoms with Crippen molar-refractivity contribution in [2.24, 2.45) is 11.5 Å². The molecule has 4 N–H and O–H groups in total. The number of nitrogens with zero attached hydrogens (tertiary/aromatic N) is 1. The van der Waals surface area contributed by atoms with Crippen LogP contribution in [0.15, 0.2) is 0 Å². The van der Waals surface area contributed by atoms with Gasteiger partial charge < -0.3 is 21.1 Å². The van der Waals surface area contributed by atoms with Crippen molar-refractivity contribution in [2.75, 3.05) is 19.6 Å². The van der Waals surface area contributed by atoms with E-state index in [1.807, 2.05) is 0 Å². The number of hydrogen-bond acceptors (Lipinski definition) is 4. The van der Waals surface area contributed by atoms with Gasteiger partial charge in [-0.2, -0.15) is 0 Å². The van der Waals surface area contributed by atoms with E-state index < -0.39 is 12.0 Å². The number of carbonyl (C=O) groups excluding carboxylic acids is 2. The van der Waals surface area contributed by atoms with Gasteiger partial charge >= 0.3 is 0 Å². The molecule has 0 aromatic rings. The van der Waals surface area contributed by atoms with E-state index in [2.05, 4.69) is 0 Å². The highest BCUT2D eigenvalue weighted by molar-refractivity contribution is 5.86. The fourth-order valence-electron chi connectivity index (χ4n) is 1.80. The molecule has 2 amide bonds. The minimum atomic E-state index is -0.511. The van der Waals surface area contributed by atoms with Crippen molar-refractivity contribution in [3.8, 4) is 0 Å². The van der Waals surface area contributed by atoms with Crippen LogP contribution in [0, 0.1) is 0 Å². The Morgan fingerprint density at radius 1 is 1.44 bits per heavy atom. The molecule has 0 bridgehead atoms. The third-order valence-electron chi connectivity index (χ3n) is 2.69. The Morgan fingerprint density at radius 2 is 2.12 bits per heavy atom. The standard InChI is InChI=1S/C10H19N3O3/c1-2-13(6-9(12)14)10(15)8-4-3-7(5-11)16-8/h7-8H,2-6,11H2,1H3,(H2,12,14). The molecule has 0 saturated carbocycles. The van der Waals surface area contributed by atoms with Crippen LogP contribution in [0.3, 0.4) is 0 Å². The summed E-state index contributed by atoms with van der Waals surface area (Å²) in [5, 5.41) is 0. The monoisotopic (exact) mass is 229 g/mol. The summed E-state index contributed by atoms with van der Waals surface area (Å²) in [6, 6.07) is 0. The molecule has 0 radical (unpaired) electrons. The molecule has 16 heavy (non-hydrogen) atoms. The average molecular weight is 229 g/mol. The Hall–Kier alpha value is -1.14. The Morgan fingerprint density at radius 3 is 2.56 bits per heavy atom. The molecule has 92 valence electrons. The molecule has 1 fully saturated rings. The van der Waals surface area contributed by atoms with Gasteiger partial charge in [0.25, 0.3) is 5.91 Å². The summed E-state index contributed by atoms with van der Waals surface area (Å²) < 4.78 is 5.47. The molecule has 1 saturated heterocycles. The highest BCUT2D eigenvalue weighted by Crippen LogP contribution is 2.20. The zero-order valence-electron chi connectivity index (χ0n) is 9.52. The zero-order valence-corrected chi connectivity index (χ0v) is 9.52. The summed E-state index contributed by atoms with van der Waals surface area (Å²) in [6.45, 7) is 2.62. The van der Waals surface area contributed by atoms with Crippen LogP contribution in [0.1, 0.15) is 19.8 Å². The molecule has 2 atom stereocenters. The van der Waals surface area contributed by atoms with E-state index in [1.54, 1.807) is 6.92 Å². The fraction of sp³-hybridized carbons (Fsp3) is 0.800. The topological polar surface area (TPSA) is 98.7 Å². The first-order valence-electron chi connectivity index (χ1n) is 5.51. The first-order chi connectivity index (χ1) is 7.58. The normalized spacial score (nSPS) is 24.4. The highest BCUT2D eigenvalue weighted by Gasteiger charge is 2.32. The highest BCUT2D eigenvalue weighted by atomic mass is 16.5. The summed E-state index contributed by atoms with van der Waals surface area (Å²) in [4.78, 5) is 24.1. The summed E-state index contributed by atoms with van der Waals surface area (Å²) >= 11 is 0. The summed E-state index contributed by atoms with van der Waals surface area (Å²) in [7, 11) is 0. The van der Waals surface area contributed by atoms with Gasteiger partial charge in [-0.3, -0.25) is 9.59 Å². The third-order valence-corrected chi connectivity index (χ3v) is 2.69. The molecule has 1 heterocycles. The minimum absolute atomic E-state index is 0.0405. The lowest BCUT2D eigenvalue weighted by molar-refractivity contribution is -0.144. The predicted octanol–water partition coefficient (Wildman–Crippen LogP) is -1.17. The first-order valence-corrected chi connectivity index (χ1v) is 5.51. The number of hydrogen-bond donors (Lipinski definition) is 2.